The Morgan fingerprint density at radius 2 is 1.71 bits per heavy atom. The highest BCUT2D eigenvalue weighted by Crippen LogP contribution is 2.17. The maximum absolute atomic E-state index is 4.11. The van der Waals surface area contributed by atoms with E-state index in [1.54, 1.807) is 0 Å². The minimum absolute atomic E-state index is 0.474. The highest BCUT2D eigenvalue weighted by molar-refractivity contribution is 7.80. The van der Waals surface area contributed by atoms with Crippen molar-refractivity contribution in [3.05, 3.63) is 0 Å². The van der Waals surface area contributed by atoms with Crippen LogP contribution in [0.1, 0.15) is 27.2 Å². The summed E-state index contributed by atoms with van der Waals surface area (Å²) in [5.41, 5.74) is 0.474. The van der Waals surface area contributed by atoms with Gasteiger partial charge in [0.25, 0.3) is 0 Å². The quantitative estimate of drug-likeness (QED) is 0.502. The zero-order chi connectivity index (χ0) is 5.91. The van der Waals surface area contributed by atoms with Crippen LogP contribution in [-0.4, -0.2) is 5.75 Å². The Hall–Kier alpha value is 0.350. The summed E-state index contributed by atoms with van der Waals surface area (Å²) >= 11 is 4.11. The fraction of sp³-hybridized carbons (Fsp3) is 1.00. The van der Waals surface area contributed by atoms with E-state index in [0.29, 0.717) is 5.41 Å². The average molecular weight is 118 g/mol. The van der Waals surface area contributed by atoms with Gasteiger partial charge in [0.05, 0.1) is 0 Å². The van der Waals surface area contributed by atoms with E-state index in [1.807, 2.05) is 0 Å². The lowest BCUT2D eigenvalue weighted by Crippen LogP contribution is -2.04. The van der Waals surface area contributed by atoms with Gasteiger partial charge < -0.3 is 0 Å². The fourth-order valence-electron chi connectivity index (χ4n) is 0.335. The molecule has 0 fully saturated rings. The molecule has 0 amide bonds. The predicted molar refractivity (Wildman–Crippen MR) is 37.9 cm³/mol. The zero-order valence-electron chi connectivity index (χ0n) is 5.36. The second-order valence-electron chi connectivity index (χ2n) is 3.03. The van der Waals surface area contributed by atoms with Crippen molar-refractivity contribution < 1.29 is 0 Å². The van der Waals surface area contributed by atoms with Gasteiger partial charge in [-0.1, -0.05) is 20.8 Å². The van der Waals surface area contributed by atoms with E-state index < -0.39 is 0 Å². The van der Waals surface area contributed by atoms with Crippen molar-refractivity contribution in [1.29, 1.82) is 0 Å². The Bertz CT molecular complexity index is 42.6. The molecule has 0 aliphatic heterocycles. The molecule has 0 rings (SSSR count). The molecule has 0 bridgehead atoms. The lowest BCUT2D eigenvalue weighted by atomic mass is 9.94. The van der Waals surface area contributed by atoms with E-state index in [9.17, 15) is 0 Å². The predicted octanol–water partition coefficient (Wildman–Crippen LogP) is 2.35. The van der Waals surface area contributed by atoms with Crippen LogP contribution >= 0.6 is 12.6 Å². The first kappa shape index (κ1) is 7.35. The van der Waals surface area contributed by atoms with Gasteiger partial charge in [-0.3, -0.25) is 0 Å². The standard InChI is InChI=1S/C6H14S/c1-6(2,3)4-5-7/h7H,4-5H2,1-3H3. The molecule has 0 atom stereocenters. The number of thiol groups is 1. The molecule has 1 heteroatoms. The van der Waals surface area contributed by atoms with Crippen LogP contribution in [0.25, 0.3) is 0 Å². The van der Waals surface area contributed by atoms with Crippen LogP contribution in [0.3, 0.4) is 0 Å². The highest BCUT2D eigenvalue weighted by Gasteiger charge is 2.06. The minimum atomic E-state index is 0.474. The molecule has 0 saturated carbocycles. The van der Waals surface area contributed by atoms with E-state index in [-0.39, 0.29) is 0 Å². The Kier molecular flexibility index (Phi) is 2.74. The van der Waals surface area contributed by atoms with Gasteiger partial charge in [0.2, 0.25) is 0 Å². The first-order chi connectivity index (χ1) is 3.06. The molecule has 0 aromatic rings. The third-order valence-corrected chi connectivity index (χ3v) is 1.09. The molecule has 0 nitrogen and oxygen atoms in total. The second kappa shape index (κ2) is 2.61. The summed E-state index contributed by atoms with van der Waals surface area (Å²) in [5, 5.41) is 0. The zero-order valence-corrected chi connectivity index (χ0v) is 6.26. The molecule has 0 aliphatic carbocycles. The number of hydrogen-bond donors (Lipinski definition) is 1. The number of rotatable bonds is 1. The first-order valence-corrected chi connectivity index (χ1v) is 3.30. The first-order valence-electron chi connectivity index (χ1n) is 2.67. The summed E-state index contributed by atoms with van der Waals surface area (Å²) < 4.78 is 0. The molecule has 44 valence electrons. The molecule has 0 unspecified atom stereocenters. The van der Waals surface area contributed by atoms with Gasteiger partial charge in [-0.25, -0.2) is 0 Å². The van der Waals surface area contributed by atoms with Gasteiger partial charge >= 0.3 is 0 Å². The van der Waals surface area contributed by atoms with Gasteiger partial charge in [0, 0.05) is 0 Å². The highest BCUT2D eigenvalue weighted by atomic mass is 32.1. The third kappa shape index (κ3) is 6.35. The molecule has 0 aromatic heterocycles. The van der Waals surface area contributed by atoms with E-state index in [1.165, 1.54) is 6.42 Å². The topological polar surface area (TPSA) is 0 Å². The van der Waals surface area contributed by atoms with E-state index >= 15 is 0 Å². The lowest BCUT2D eigenvalue weighted by molar-refractivity contribution is 0.402. The maximum atomic E-state index is 4.11. The molecule has 0 aliphatic rings. The van der Waals surface area contributed by atoms with Crippen molar-refractivity contribution in [3.8, 4) is 0 Å². The summed E-state index contributed by atoms with van der Waals surface area (Å²) in [4.78, 5) is 0. The van der Waals surface area contributed by atoms with Crippen LogP contribution in [0.5, 0.6) is 0 Å². The fourth-order valence-corrected chi connectivity index (χ4v) is 1.01. The Morgan fingerprint density at radius 3 is 1.71 bits per heavy atom. The van der Waals surface area contributed by atoms with Crippen molar-refractivity contribution in [2.24, 2.45) is 5.41 Å². The van der Waals surface area contributed by atoms with Crippen molar-refractivity contribution in [2.75, 3.05) is 5.75 Å². The normalized spacial score (nSPS) is 12.0. The molecule has 0 aromatic carbocycles. The van der Waals surface area contributed by atoms with Gasteiger partial charge in [0.1, 0.15) is 0 Å². The lowest BCUT2D eigenvalue weighted by Gasteiger charge is -2.14. The Balaban J connectivity index is 3.15. The van der Waals surface area contributed by atoms with Crippen LogP contribution in [0.2, 0.25) is 0 Å². The molecule has 0 saturated heterocycles. The molecule has 0 radical (unpaired) electrons. The van der Waals surface area contributed by atoms with Gasteiger partial charge in [-0.15, -0.1) is 0 Å². The smallest absolute Gasteiger partial charge is 0.00929 e. The van der Waals surface area contributed by atoms with Crippen molar-refractivity contribution in [3.63, 3.8) is 0 Å². The summed E-state index contributed by atoms with van der Waals surface area (Å²) in [5.74, 6) is 1.00. The molecule has 0 heterocycles. The SMILES string of the molecule is CC(C)(C)CCS. The van der Waals surface area contributed by atoms with E-state index in [2.05, 4.69) is 33.4 Å². The van der Waals surface area contributed by atoms with Gasteiger partial charge in [0.15, 0.2) is 0 Å². The van der Waals surface area contributed by atoms with Gasteiger partial charge in [-0.05, 0) is 17.6 Å². The van der Waals surface area contributed by atoms with Crippen molar-refractivity contribution in [1.82, 2.24) is 0 Å². The van der Waals surface area contributed by atoms with Crippen LogP contribution in [0, 0.1) is 5.41 Å². The van der Waals surface area contributed by atoms with E-state index in [4.69, 9.17) is 0 Å². The van der Waals surface area contributed by atoms with Crippen LogP contribution in [-0.2, 0) is 0 Å². The van der Waals surface area contributed by atoms with Crippen LogP contribution in [0.15, 0.2) is 0 Å². The van der Waals surface area contributed by atoms with Crippen molar-refractivity contribution in [2.45, 2.75) is 27.2 Å². The number of hydrogen-bond acceptors (Lipinski definition) is 1. The summed E-state index contributed by atoms with van der Waals surface area (Å²) in [7, 11) is 0. The van der Waals surface area contributed by atoms with Crippen LogP contribution in [0.4, 0.5) is 0 Å². The molecule has 0 spiro atoms. The molecule has 0 N–H and O–H groups in total. The molecular formula is C6H14S. The Morgan fingerprint density at radius 1 is 1.29 bits per heavy atom. The summed E-state index contributed by atoms with van der Waals surface area (Å²) in [6.07, 6.45) is 1.20. The average Bonchev–Trinajstić information content (AvgIpc) is 1.30. The molecule has 7 heavy (non-hydrogen) atoms. The monoisotopic (exact) mass is 118 g/mol. The van der Waals surface area contributed by atoms with E-state index in [0.717, 1.165) is 5.75 Å². The van der Waals surface area contributed by atoms with Gasteiger partial charge in [-0.2, -0.15) is 12.6 Å². The molecular weight excluding hydrogens is 104 g/mol. The second-order valence-corrected chi connectivity index (χ2v) is 3.48. The van der Waals surface area contributed by atoms with Crippen molar-refractivity contribution >= 4 is 12.6 Å². The Labute approximate surface area is 51.7 Å². The van der Waals surface area contributed by atoms with Crippen LogP contribution < -0.4 is 0 Å². The summed E-state index contributed by atoms with van der Waals surface area (Å²) in [6, 6.07) is 0. The minimum Gasteiger partial charge on any atom is -0.179 e. The largest absolute Gasteiger partial charge is 0.179 e. The third-order valence-electron chi connectivity index (χ3n) is 0.862. The maximum Gasteiger partial charge on any atom is -0.00929 e. The summed E-state index contributed by atoms with van der Waals surface area (Å²) in [6.45, 7) is 6.68.